The molecule has 1 saturated heterocycles. The van der Waals surface area contributed by atoms with Gasteiger partial charge in [0.05, 0.1) is 24.9 Å². The summed E-state index contributed by atoms with van der Waals surface area (Å²) >= 11 is 0. The van der Waals surface area contributed by atoms with E-state index in [2.05, 4.69) is 33.8 Å². The Bertz CT molecular complexity index is 678. The van der Waals surface area contributed by atoms with Crippen molar-refractivity contribution in [2.45, 2.75) is 90.1 Å². The summed E-state index contributed by atoms with van der Waals surface area (Å²) < 4.78 is 12.2. The number of aliphatic hydroxyl groups is 2. The van der Waals surface area contributed by atoms with E-state index in [1.165, 1.54) is 12.0 Å². The van der Waals surface area contributed by atoms with Gasteiger partial charge in [0, 0.05) is 5.92 Å². The minimum absolute atomic E-state index is 0.0231. The largest absolute Gasteiger partial charge is 0.393 e. The molecule has 0 bridgehead atoms. The van der Waals surface area contributed by atoms with Crippen LogP contribution in [0.25, 0.3) is 0 Å². The van der Waals surface area contributed by atoms with E-state index in [0.29, 0.717) is 31.0 Å². The zero-order valence-corrected chi connectivity index (χ0v) is 18.0. The summed E-state index contributed by atoms with van der Waals surface area (Å²) in [6.07, 6.45) is 9.08. The highest BCUT2D eigenvalue weighted by Gasteiger charge is 2.67. The lowest BCUT2D eigenvalue weighted by molar-refractivity contribution is -0.238. The fraction of sp³-hybridized carbons (Fsp3) is 0.917. The van der Waals surface area contributed by atoms with Crippen LogP contribution in [0.2, 0.25) is 0 Å². The van der Waals surface area contributed by atoms with Crippen LogP contribution in [-0.4, -0.2) is 40.9 Å². The van der Waals surface area contributed by atoms with Crippen molar-refractivity contribution >= 4 is 0 Å². The van der Waals surface area contributed by atoms with Gasteiger partial charge in [-0.05, 0) is 87.4 Å². The van der Waals surface area contributed by atoms with E-state index >= 15 is 0 Å². The molecule has 4 unspecified atom stereocenters. The second kappa shape index (κ2) is 6.06. The van der Waals surface area contributed by atoms with Crippen LogP contribution in [0.3, 0.4) is 0 Å². The molecule has 4 aliphatic carbocycles. The van der Waals surface area contributed by atoms with E-state index in [1.54, 1.807) is 0 Å². The van der Waals surface area contributed by atoms with Gasteiger partial charge < -0.3 is 19.7 Å². The number of hydrogen-bond donors (Lipinski definition) is 2. The molecule has 4 nitrogen and oxygen atoms in total. The fourth-order valence-corrected chi connectivity index (χ4v) is 9.01. The molecule has 5 rings (SSSR count). The normalized spacial score (nSPS) is 55.2. The first-order valence-electron chi connectivity index (χ1n) is 11.5. The molecule has 158 valence electrons. The lowest BCUT2D eigenvalue weighted by Gasteiger charge is -2.63. The summed E-state index contributed by atoms with van der Waals surface area (Å²) in [5.41, 5.74) is 0.763. The maximum absolute atomic E-state index is 11.9. The molecule has 1 heterocycles. The molecule has 0 spiro atoms. The number of allylic oxidation sites excluding steroid dienone is 1. The van der Waals surface area contributed by atoms with E-state index in [0.717, 1.165) is 38.5 Å². The summed E-state index contributed by atoms with van der Waals surface area (Å²) in [5, 5.41) is 22.2. The Kier molecular flexibility index (Phi) is 4.23. The maximum atomic E-state index is 11.9. The molecule has 4 heteroatoms. The molecule has 5 aliphatic rings. The van der Waals surface area contributed by atoms with Gasteiger partial charge in [-0.1, -0.05) is 25.5 Å². The zero-order chi connectivity index (χ0) is 19.9. The first-order valence-corrected chi connectivity index (χ1v) is 11.5. The SMILES string of the molecule is CC1([C@H]2CCC3C4CC=C5CC(O)CC[C@]5(C)C4[C@@](C)(O)C[C@@]32C)OCCO1. The molecule has 0 aromatic rings. The van der Waals surface area contributed by atoms with Crippen LogP contribution in [-0.2, 0) is 9.47 Å². The average Bonchev–Trinajstić information content (AvgIpc) is 3.18. The van der Waals surface area contributed by atoms with Gasteiger partial charge in [0.15, 0.2) is 5.79 Å². The highest BCUT2D eigenvalue weighted by molar-refractivity contribution is 5.28. The molecular weight excluding hydrogens is 352 g/mol. The van der Waals surface area contributed by atoms with E-state index in [4.69, 9.17) is 9.47 Å². The first kappa shape index (κ1) is 19.5. The maximum Gasteiger partial charge on any atom is 0.169 e. The molecule has 8 atom stereocenters. The van der Waals surface area contributed by atoms with Gasteiger partial charge in [0.2, 0.25) is 0 Å². The van der Waals surface area contributed by atoms with Crippen LogP contribution >= 0.6 is 0 Å². The highest BCUT2D eigenvalue weighted by Crippen LogP contribution is 2.70. The van der Waals surface area contributed by atoms with Crippen LogP contribution in [0.4, 0.5) is 0 Å². The number of aliphatic hydroxyl groups excluding tert-OH is 1. The standard InChI is InChI=1S/C24H38O4/c1-21-10-9-16(25)13-15(21)5-6-17-18-7-8-19(24(4)27-11-12-28-24)22(18,2)14-23(3,26)20(17)21/h5,16-20,25-26H,6-14H2,1-4H3/t16?,17?,18?,19-,20?,21-,22-,23-/m0/s1. The van der Waals surface area contributed by atoms with Gasteiger partial charge in [0.25, 0.3) is 0 Å². The molecule has 0 amide bonds. The van der Waals surface area contributed by atoms with Crippen LogP contribution < -0.4 is 0 Å². The molecule has 0 radical (unpaired) electrons. The topological polar surface area (TPSA) is 58.9 Å². The van der Waals surface area contributed by atoms with Crippen molar-refractivity contribution in [3.63, 3.8) is 0 Å². The van der Waals surface area contributed by atoms with Crippen molar-refractivity contribution in [2.75, 3.05) is 13.2 Å². The van der Waals surface area contributed by atoms with Crippen molar-refractivity contribution in [1.82, 2.24) is 0 Å². The second-order valence-electron chi connectivity index (χ2n) is 11.4. The monoisotopic (exact) mass is 390 g/mol. The molecule has 1 aliphatic heterocycles. The van der Waals surface area contributed by atoms with Gasteiger partial charge in [-0.25, -0.2) is 0 Å². The van der Waals surface area contributed by atoms with Crippen molar-refractivity contribution in [1.29, 1.82) is 0 Å². The van der Waals surface area contributed by atoms with Gasteiger partial charge >= 0.3 is 0 Å². The van der Waals surface area contributed by atoms with Crippen LogP contribution in [0, 0.1) is 34.5 Å². The van der Waals surface area contributed by atoms with Gasteiger partial charge in [-0.15, -0.1) is 0 Å². The van der Waals surface area contributed by atoms with Gasteiger partial charge in [-0.3, -0.25) is 0 Å². The highest BCUT2D eigenvalue weighted by atomic mass is 16.7. The molecular formula is C24H38O4. The number of rotatable bonds is 1. The fourth-order valence-electron chi connectivity index (χ4n) is 9.01. The van der Waals surface area contributed by atoms with Crippen LogP contribution in [0.5, 0.6) is 0 Å². The number of hydrogen-bond acceptors (Lipinski definition) is 4. The molecule has 0 aromatic heterocycles. The smallest absolute Gasteiger partial charge is 0.169 e. The predicted octanol–water partition coefficient (Wildman–Crippen LogP) is 4.05. The summed E-state index contributed by atoms with van der Waals surface area (Å²) in [6.45, 7) is 10.4. The lowest BCUT2D eigenvalue weighted by atomic mass is 9.43. The average molecular weight is 391 g/mol. The van der Waals surface area contributed by atoms with E-state index in [9.17, 15) is 10.2 Å². The third-order valence-corrected chi connectivity index (χ3v) is 9.77. The summed E-state index contributed by atoms with van der Waals surface area (Å²) in [4.78, 5) is 0. The lowest BCUT2D eigenvalue weighted by Crippen LogP contribution is -2.62. The van der Waals surface area contributed by atoms with Gasteiger partial charge in [-0.2, -0.15) is 0 Å². The Morgan fingerprint density at radius 1 is 1.04 bits per heavy atom. The summed E-state index contributed by atoms with van der Waals surface area (Å²) in [5.74, 6) is 1.23. The Labute approximate surface area is 169 Å². The van der Waals surface area contributed by atoms with Crippen molar-refractivity contribution in [2.24, 2.45) is 34.5 Å². The zero-order valence-electron chi connectivity index (χ0n) is 18.0. The van der Waals surface area contributed by atoms with Crippen LogP contribution in [0.15, 0.2) is 11.6 Å². The summed E-state index contributed by atoms with van der Waals surface area (Å²) in [7, 11) is 0. The molecule has 0 aromatic carbocycles. The van der Waals surface area contributed by atoms with Gasteiger partial charge in [0.1, 0.15) is 0 Å². The predicted molar refractivity (Wildman–Crippen MR) is 108 cm³/mol. The minimum atomic E-state index is -0.704. The summed E-state index contributed by atoms with van der Waals surface area (Å²) in [6, 6.07) is 0. The Morgan fingerprint density at radius 3 is 2.46 bits per heavy atom. The van der Waals surface area contributed by atoms with Crippen LogP contribution in [0.1, 0.15) is 72.6 Å². The van der Waals surface area contributed by atoms with Crippen molar-refractivity contribution in [3.05, 3.63) is 11.6 Å². The Balaban J connectivity index is 1.54. The molecule has 3 saturated carbocycles. The molecule has 28 heavy (non-hydrogen) atoms. The van der Waals surface area contributed by atoms with E-state index in [-0.39, 0.29) is 22.9 Å². The van der Waals surface area contributed by atoms with E-state index < -0.39 is 11.4 Å². The van der Waals surface area contributed by atoms with Crippen molar-refractivity contribution in [3.8, 4) is 0 Å². The Morgan fingerprint density at radius 2 is 1.75 bits per heavy atom. The third-order valence-electron chi connectivity index (χ3n) is 9.77. The Hall–Kier alpha value is -0.420. The number of ether oxygens (including phenoxy) is 2. The van der Waals surface area contributed by atoms with Crippen molar-refractivity contribution < 1.29 is 19.7 Å². The number of fused-ring (bicyclic) bond motifs is 5. The first-order chi connectivity index (χ1) is 13.1. The third kappa shape index (κ3) is 2.50. The quantitative estimate of drug-likeness (QED) is 0.663. The molecule has 4 fully saturated rings. The molecule has 2 N–H and O–H groups in total. The minimum Gasteiger partial charge on any atom is -0.393 e. The van der Waals surface area contributed by atoms with E-state index in [1.807, 2.05) is 0 Å². The second-order valence-corrected chi connectivity index (χ2v) is 11.4.